The summed E-state index contributed by atoms with van der Waals surface area (Å²) in [4.78, 5) is 4.40. The van der Waals surface area contributed by atoms with E-state index in [2.05, 4.69) is 4.98 Å². The van der Waals surface area contributed by atoms with Crippen molar-refractivity contribution >= 4 is 11.9 Å². The summed E-state index contributed by atoms with van der Waals surface area (Å²) in [5.41, 5.74) is 1.28. The number of rotatable bonds is 5. The molecule has 1 aromatic heterocycles. The molecule has 0 fully saturated rings. The van der Waals surface area contributed by atoms with Crippen molar-refractivity contribution in [3.8, 4) is 6.07 Å². The van der Waals surface area contributed by atoms with Gasteiger partial charge >= 0.3 is 6.18 Å². The Labute approximate surface area is 143 Å². The van der Waals surface area contributed by atoms with Crippen LogP contribution in [0.25, 0.3) is 0 Å². The van der Waals surface area contributed by atoms with Gasteiger partial charge in [0.2, 0.25) is 0 Å². The molecule has 1 aromatic carbocycles. The maximum atomic E-state index is 13.7. The van der Waals surface area contributed by atoms with Gasteiger partial charge in [-0.15, -0.1) is 0 Å². The number of aryl methyl sites for hydroxylation is 1. The molecule has 0 radical (unpaired) electrons. The highest BCUT2D eigenvalue weighted by Crippen LogP contribution is 2.42. The Morgan fingerprint density at radius 1 is 1.29 bits per heavy atom. The van der Waals surface area contributed by atoms with Gasteiger partial charge in [-0.2, -0.15) is 18.4 Å². The van der Waals surface area contributed by atoms with Crippen molar-refractivity contribution < 1.29 is 13.2 Å². The quantitative estimate of drug-likeness (QED) is 0.719. The average molecular weight is 351 g/mol. The van der Waals surface area contributed by atoms with E-state index < -0.39 is 12.2 Å². The molecule has 3 nitrogen and oxygen atoms in total. The number of hydrogen-bond donors (Lipinski definition) is 0. The zero-order chi connectivity index (χ0) is 17.7. The Morgan fingerprint density at radius 2 is 2.04 bits per heavy atom. The van der Waals surface area contributed by atoms with Crippen molar-refractivity contribution in [2.24, 2.45) is 0 Å². The van der Waals surface area contributed by atoms with E-state index in [1.807, 2.05) is 6.07 Å². The molecule has 0 saturated carbocycles. The number of halogens is 3. The van der Waals surface area contributed by atoms with Gasteiger partial charge in [0.25, 0.3) is 0 Å². The molecule has 126 valence electrons. The largest absolute Gasteiger partial charge is 0.408 e. The highest BCUT2D eigenvalue weighted by Gasteiger charge is 2.44. The molecule has 1 heterocycles. The fraction of sp³-hybridized carbons (Fsp3) is 0.294. The number of benzene rings is 1. The van der Waals surface area contributed by atoms with Gasteiger partial charge in [0.1, 0.15) is 12.1 Å². The fourth-order valence-corrected chi connectivity index (χ4v) is 3.36. The number of hydrogen-bond acceptors (Lipinski definition) is 4. The Hall–Kier alpha value is -2.04. The molecular weight excluding hydrogens is 335 g/mol. The summed E-state index contributed by atoms with van der Waals surface area (Å²) in [5, 5.41) is 8.91. The molecule has 0 amide bonds. The van der Waals surface area contributed by atoms with Crippen LogP contribution in [0.2, 0.25) is 0 Å². The van der Waals surface area contributed by atoms with Crippen LogP contribution >= 0.6 is 11.9 Å². The van der Waals surface area contributed by atoms with Crippen LogP contribution in [0.15, 0.2) is 47.6 Å². The van der Waals surface area contributed by atoms with Gasteiger partial charge in [-0.25, -0.2) is 4.31 Å². The minimum atomic E-state index is -4.42. The third-order valence-electron chi connectivity index (χ3n) is 3.33. The van der Waals surface area contributed by atoms with Gasteiger partial charge in [-0.3, -0.25) is 4.98 Å². The molecule has 2 aromatic rings. The summed E-state index contributed by atoms with van der Waals surface area (Å²) in [5.74, 6) is 0. The Kier molecular flexibility index (Phi) is 5.86. The second kappa shape index (κ2) is 7.69. The van der Waals surface area contributed by atoms with Crippen molar-refractivity contribution in [3.05, 3.63) is 59.4 Å². The molecule has 0 aliphatic rings. The molecule has 0 aliphatic carbocycles. The third kappa shape index (κ3) is 4.49. The fourth-order valence-electron chi connectivity index (χ4n) is 2.32. The van der Waals surface area contributed by atoms with Crippen LogP contribution in [0.5, 0.6) is 0 Å². The van der Waals surface area contributed by atoms with Crippen molar-refractivity contribution in [1.82, 2.24) is 9.29 Å². The molecule has 0 N–H and O–H groups in total. The Balaban J connectivity index is 2.37. The first kappa shape index (κ1) is 18.3. The molecule has 1 atom stereocenters. The zero-order valence-electron chi connectivity index (χ0n) is 13.2. The van der Waals surface area contributed by atoms with Crippen LogP contribution in [0.3, 0.4) is 0 Å². The molecule has 0 spiro atoms. The minimum absolute atomic E-state index is 0.180. The summed E-state index contributed by atoms with van der Waals surface area (Å²) in [7, 11) is 0. The van der Waals surface area contributed by atoms with Gasteiger partial charge in [-0.1, -0.05) is 36.8 Å². The van der Waals surface area contributed by atoms with E-state index in [1.54, 1.807) is 32.0 Å². The number of alkyl halides is 3. The Morgan fingerprint density at radius 3 is 2.62 bits per heavy atom. The first-order valence-electron chi connectivity index (χ1n) is 7.28. The molecule has 0 bridgehead atoms. The summed E-state index contributed by atoms with van der Waals surface area (Å²) >= 11 is 0.954. The first-order chi connectivity index (χ1) is 11.3. The number of aromatic nitrogens is 1. The molecule has 24 heavy (non-hydrogen) atoms. The van der Waals surface area contributed by atoms with Crippen LogP contribution in [0.1, 0.15) is 29.7 Å². The van der Waals surface area contributed by atoms with Gasteiger partial charge < -0.3 is 0 Å². The summed E-state index contributed by atoms with van der Waals surface area (Å²) < 4.78 is 42.4. The van der Waals surface area contributed by atoms with Crippen molar-refractivity contribution in [2.75, 3.05) is 6.54 Å². The third-order valence-corrected chi connectivity index (χ3v) is 4.47. The first-order valence-corrected chi connectivity index (χ1v) is 8.05. The molecule has 2 rings (SSSR count). The highest BCUT2D eigenvalue weighted by molar-refractivity contribution is 7.97. The average Bonchev–Trinajstić information content (AvgIpc) is 2.53. The SMILES string of the molecule is CCN(Sc1cncc(C#N)c1)[C@H](c1cccc(C)c1)C(F)(F)F. The van der Waals surface area contributed by atoms with Crippen molar-refractivity contribution in [2.45, 2.75) is 31.0 Å². The van der Waals surface area contributed by atoms with Crippen molar-refractivity contribution in [3.63, 3.8) is 0 Å². The van der Waals surface area contributed by atoms with E-state index in [0.29, 0.717) is 10.5 Å². The molecule has 7 heteroatoms. The molecular formula is C17H16F3N3S. The molecule has 0 unspecified atom stereocenters. The highest BCUT2D eigenvalue weighted by atomic mass is 32.2. The van der Waals surface area contributed by atoms with Gasteiger partial charge in [0, 0.05) is 23.8 Å². The second-order valence-electron chi connectivity index (χ2n) is 5.20. The van der Waals surface area contributed by atoms with E-state index in [-0.39, 0.29) is 12.1 Å². The van der Waals surface area contributed by atoms with E-state index >= 15 is 0 Å². The zero-order valence-corrected chi connectivity index (χ0v) is 14.0. The molecule has 0 aliphatic heterocycles. The summed E-state index contributed by atoms with van der Waals surface area (Å²) in [6.07, 6.45) is -1.59. The predicted molar refractivity (Wildman–Crippen MR) is 87.2 cm³/mol. The second-order valence-corrected chi connectivity index (χ2v) is 6.33. The summed E-state index contributed by atoms with van der Waals surface area (Å²) in [6.45, 7) is 3.61. The lowest BCUT2D eigenvalue weighted by molar-refractivity contribution is -0.172. The van der Waals surface area contributed by atoms with Gasteiger partial charge in [0.15, 0.2) is 0 Å². The number of nitriles is 1. The maximum absolute atomic E-state index is 13.7. The lowest BCUT2D eigenvalue weighted by Gasteiger charge is -2.31. The monoisotopic (exact) mass is 351 g/mol. The minimum Gasteiger partial charge on any atom is -0.262 e. The van der Waals surface area contributed by atoms with Crippen LogP contribution in [-0.4, -0.2) is 22.0 Å². The predicted octanol–water partition coefficient (Wildman–Crippen LogP) is 4.89. The molecule has 0 saturated heterocycles. The number of pyridine rings is 1. The maximum Gasteiger partial charge on any atom is 0.408 e. The van der Waals surface area contributed by atoms with E-state index in [0.717, 1.165) is 17.5 Å². The van der Waals surface area contributed by atoms with Gasteiger partial charge in [0.05, 0.1) is 5.56 Å². The van der Waals surface area contributed by atoms with E-state index in [9.17, 15) is 13.2 Å². The lowest BCUT2D eigenvalue weighted by atomic mass is 10.0. The lowest BCUT2D eigenvalue weighted by Crippen LogP contribution is -2.34. The Bertz CT molecular complexity index is 740. The van der Waals surface area contributed by atoms with Crippen LogP contribution < -0.4 is 0 Å². The normalized spacial score (nSPS) is 12.9. The van der Waals surface area contributed by atoms with E-state index in [4.69, 9.17) is 5.26 Å². The van der Waals surface area contributed by atoms with Crippen LogP contribution in [0, 0.1) is 18.3 Å². The van der Waals surface area contributed by atoms with Gasteiger partial charge in [-0.05, 0) is 30.5 Å². The smallest absolute Gasteiger partial charge is 0.262 e. The van der Waals surface area contributed by atoms with Crippen LogP contribution in [-0.2, 0) is 0 Å². The van der Waals surface area contributed by atoms with Crippen LogP contribution in [0.4, 0.5) is 13.2 Å². The number of nitrogens with zero attached hydrogens (tertiary/aromatic N) is 3. The van der Waals surface area contributed by atoms with E-state index in [1.165, 1.54) is 28.8 Å². The standard InChI is InChI=1S/C17H16F3N3S/c1-3-23(24-15-8-13(9-21)10-22-11-15)16(17(18,19)20)14-6-4-5-12(2)7-14/h4-8,10-11,16H,3H2,1-2H3/t16-/m1/s1. The topological polar surface area (TPSA) is 39.9 Å². The summed E-state index contributed by atoms with van der Waals surface area (Å²) in [6, 6.07) is 8.16. The van der Waals surface area contributed by atoms with Crippen molar-refractivity contribution in [1.29, 1.82) is 5.26 Å².